The summed E-state index contributed by atoms with van der Waals surface area (Å²) in [6.45, 7) is 3.89. The molecule has 0 saturated heterocycles. The van der Waals surface area contributed by atoms with Gasteiger partial charge in [-0.15, -0.1) is 11.5 Å². The standard InChI is InChI=1S/C32H28N10O4/c1-6-26-37-39(5)32(46)41(26)22-11-13-23(14-12-22)42-31(45)24-17-19(3)33-27(28(24)40(42)7-2)30(44)34-21-10-8-9-20(18-21)29(43)35-25-15-16-38(4)36-25/h1,8-18H,7H2,2-5H3,(H,34,44)(H,35,36,43). The van der Waals surface area contributed by atoms with E-state index in [4.69, 9.17) is 6.42 Å². The fourth-order valence-corrected chi connectivity index (χ4v) is 5.26. The number of anilines is 2. The molecule has 0 bridgehead atoms. The quantitative estimate of drug-likeness (QED) is 0.261. The van der Waals surface area contributed by atoms with Gasteiger partial charge in [-0.25, -0.2) is 23.7 Å². The van der Waals surface area contributed by atoms with Gasteiger partial charge < -0.3 is 10.6 Å². The molecule has 0 spiro atoms. The monoisotopic (exact) mass is 616 g/mol. The molecule has 14 nitrogen and oxygen atoms in total. The highest BCUT2D eigenvalue weighted by molar-refractivity contribution is 6.11. The van der Waals surface area contributed by atoms with E-state index in [0.29, 0.717) is 51.6 Å². The van der Waals surface area contributed by atoms with E-state index in [1.54, 1.807) is 90.2 Å². The molecule has 4 aromatic heterocycles. The number of amides is 2. The van der Waals surface area contributed by atoms with Crippen molar-refractivity contribution in [1.82, 2.24) is 38.5 Å². The number of carbonyl (C=O) groups excluding carboxylic acids is 2. The maximum absolute atomic E-state index is 13.8. The van der Waals surface area contributed by atoms with Crippen LogP contribution in [0.1, 0.15) is 39.3 Å². The number of nitrogens with zero attached hydrogens (tertiary/aromatic N) is 8. The van der Waals surface area contributed by atoms with Crippen LogP contribution in [0, 0.1) is 19.3 Å². The van der Waals surface area contributed by atoms with Crippen molar-refractivity contribution in [3.63, 3.8) is 0 Å². The number of aryl methyl sites for hydroxylation is 4. The summed E-state index contributed by atoms with van der Waals surface area (Å²) in [5, 5.41) is 14.1. The molecule has 0 aliphatic heterocycles. The van der Waals surface area contributed by atoms with Crippen LogP contribution in [0.4, 0.5) is 11.5 Å². The number of fused-ring (bicyclic) bond motifs is 1. The van der Waals surface area contributed by atoms with E-state index in [9.17, 15) is 19.2 Å². The van der Waals surface area contributed by atoms with Gasteiger partial charge in [0.05, 0.1) is 16.8 Å². The summed E-state index contributed by atoms with van der Waals surface area (Å²) < 4.78 is 7.16. The van der Waals surface area contributed by atoms with Gasteiger partial charge in [0.15, 0.2) is 11.5 Å². The zero-order valence-electron chi connectivity index (χ0n) is 25.3. The average Bonchev–Trinajstić information content (AvgIpc) is 3.68. The van der Waals surface area contributed by atoms with Crippen molar-refractivity contribution in [3.8, 4) is 23.7 Å². The molecular weight excluding hydrogens is 588 g/mol. The van der Waals surface area contributed by atoms with E-state index < -0.39 is 17.5 Å². The Kier molecular flexibility index (Phi) is 7.42. The number of nitrogens with one attached hydrogen (secondary N) is 2. The lowest BCUT2D eigenvalue weighted by molar-refractivity contribution is 0.101. The molecule has 6 rings (SSSR count). The molecule has 0 fully saturated rings. The summed E-state index contributed by atoms with van der Waals surface area (Å²) in [6, 6.07) is 16.5. The predicted octanol–water partition coefficient (Wildman–Crippen LogP) is 2.62. The predicted molar refractivity (Wildman–Crippen MR) is 172 cm³/mol. The van der Waals surface area contributed by atoms with Gasteiger partial charge in [0.2, 0.25) is 5.82 Å². The molecule has 0 unspecified atom stereocenters. The van der Waals surface area contributed by atoms with Crippen LogP contribution in [0.25, 0.3) is 22.3 Å². The van der Waals surface area contributed by atoms with E-state index in [1.807, 2.05) is 6.92 Å². The van der Waals surface area contributed by atoms with E-state index >= 15 is 0 Å². The van der Waals surface area contributed by atoms with Crippen molar-refractivity contribution < 1.29 is 9.59 Å². The molecule has 46 heavy (non-hydrogen) atoms. The van der Waals surface area contributed by atoms with Gasteiger partial charge in [-0.05, 0) is 68.3 Å². The minimum absolute atomic E-state index is 0.0493. The Bertz CT molecular complexity index is 2330. The molecule has 0 aliphatic rings. The van der Waals surface area contributed by atoms with Crippen LogP contribution >= 0.6 is 0 Å². The zero-order chi connectivity index (χ0) is 32.7. The number of carbonyl (C=O) groups is 2. The van der Waals surface area contributed by atoms with Crippen molar-refractivity contribution in [2.75, 3.05) is 10.6 Å². The van der Waals surface area contributed by atoms with Gasteiger partial charge >= 0.3 is 5.69 Å². The second-order valence-corrected chi connectivity index (χ2v) is 10.4. The van der Waals surface area contributed by atoms with Gasteiger partial charge in [-0.2, -0.15) is 5.10 Å². The number of hydrogen-bond acceptors (Lipinski definition) is 7. The first-order valence-corrected chi connectivity index (χ1v) is 14.2. The van der Waals surface area contributed by atoms with Crippen molar-refractivity contribution in [1.29, 1.82) is 0 Å². The van der Waals surface area contributed by atoms with Crippen LogP contribution in [0.2, 0.25) is 0 Å². The van der Waals surface area contributed by atoms with Crippen LogP contribution in [0.3, 0.4) is 0 Å². The normalized spacial score (nSPS) is 11.0. The zero-order valence-corrected chi connectivity index (χ0v) is 25.3. The fraction of sp³-hybridized carbons (Fsp3) is 0.156. The molecular formula is C32H28N10O4. The van der Waals surface area contributed by atoms with Crippen molar-refractivity contribution in [2.45, 2.75) is 20.4 Å². The third-order valence-corrected chi connectivity index (χ3v) is 7.30. The number of pyridine rings is 1. The second kappa shape index (κ2) is 11.5. The Morgan fingerprint density at radius 1 is 0.935 bits per heavy atom. The molecule has 14 heteroatoms. The Morgan fingerprint density at radius 3 is 2.35 bits per heavy atom. The Hall–Kier alpha value is -6.49. The van der Waals surface area contributed by atoms with Crippen LogP contribution < -0.4 is 21.9 Å². The first kappa shape index (κ1) is 29.6. The van der Waals surface area contributed by atoms with E-state index in [1.165, 1.54) is 16.3 Å². The fourth-order valence-electron chi connectivity index (χ4n) is 5.26. The lowest BCUT2D eigenvalue weighted by Gasteiger charge is -2.13. The molecule has 2 amide bonds. The summed E-state index contributed by atoms with van der Waals surface area (Å²) in [7, 11) is 3.25. The number of benzene rings is 2. The van der Waals surface area contributed by atoms with E-state index in [-0.39, 0.29) is 17.1 Å². The molecule has 6 aromatic rings. The Labute approximate surface area is 261 Å². The maximum atomic E-state index is 13.8. The van der Waals surface area contributed by atoms with Gasteiger partial charge in [0, 0.05) is 49.8 Å². The highest BCUT2D eigenvalue weighted by Gasteiger charge is 2.23. The smallest absolute Gasteiger partial charge is 0.321 e. The number of hydrogen-bond donors (Lipinski definition) is 2. The highest BCUT2D eigenvalue weighted by atomic mass is 16.2. The van der Waals surface area contributed by atoms with E-state index in [2.05, 4.69) is 31.7 Å². The third-order valence-electron chi connectivity index (χ3n) is 7.30. The van der Waals surface area contributed by atoms with Gasteiger partial charge in [0.1, 0.15) is 5.52 Å². The molecule has 230 valence electrons. The number of aromatic nitrogens is 8. The molecule has 2 aromatic carbocycles. The Morgan fingerprint density at radius 2 is 1.67 bits per heavy atom. The van der Waals surface area contributed by atoms with Crippen LogP contribution in [0.15, 0.2) is 76.4 Å². The molecule has 0 aliphatic carbocycles. The number of rotatable bonds is 7. The molecule has 2 N–H and O–H groups in total. The van der Waals surface area contributed by atoms with Crippen molar-refractivity contribution in [2.24, 2.45) is 14.1 Å². The number of terminal acetylenes is 1. The summed E-state index contributed by atoms with van der Waals surface area (Å²) in [6.07, 6.45) is 7.26. The summed E-state index contributed by atoms with van der Waals surface area (Å²) in [5.41, 5.74) is 1.79. The van der Waals surface area contributed by atoms with Crippen molar-refractivity contribution >= 4 is 34.2 Å². The highest BCUT2D eigenvalue weighted by Crippen LogP contribution is 2.22. The maximum Gasteiger partial charge on any atom is 0.351 e. The second-order valence-electron chi connectivity index (χ2n) is 10.4. The molecule has 4 heterocycles. The SMILES string of the molecule is C#Cc1nn(C)c(=O)n1-c1ccc(-n2c(=O)c3cc(C)nc(C(=O)Nc4cccc(C(=O)Nc5ccn(C)n5)c4)c3n2CC)cc1. The largest absolute Gasteiger partial charge is 0.351 e. The first-order chi connectivity index (χ1) is 22.1. The first-order valence-electron chi connectivity index (χ1n) is 14.2. The summed E-state index contributed by atoms with van der Waals surface area (Å²) in [4.78, 5) is 57.4. The van der Waals surface area contributed by atoms with Crippen LogP contribution in [-0.4, -0.2) is 50.3 Å². The summed E-state index contributed by atoms with van der Waals surface area (Å²) >= 11 is 0. The average molecular weight is 617 g/mol. The van der Waals surface area contributed by atoms with Gasteiger partial charge in [-0.1, -0.05) is 6.07 Å². The lowest BCUT2D eigenvalue weighted by atomic mass is 10.1. The molecule has 0 radical (unpaired) electrons. The third kappa shape index (κ3) is 5.15. The van der Waals surface area contributed by atoms with E-state index in [0.717, 1.165) is 4.68 Å². The lowest BCUT2D eigenvalue weighted by Crippen LogP contribution is -2.23. The van der Waals surface area contributed by atoms with Crippen molar-refractivity contribution in [3.05, 3.63) is 110 Å². The van der Waals surface area contributed by atoms with Crippen LogP contribution in [-0.2, 0) is 20.6 Å². The summed E-state index contributed by atoms with van der Waals surface area (Å²) in [5.74, 6) is 2.01. The topological polar surface area (TPSA) is 156 Å². The van der Waals surface area contributed by atoms with Gasteiger partial charge in [-0.3, -0.25) is 23.7 Å². The molecule has 0 atom stereocenters. The Balaban J connectivity index is 1.36. The van der Waals surface area contributed by atoms with Gasteiger partial charge in [0.25, 0.3) is 17.4 Å². The minimum Gasteiger partial charge on any atom is -0.321 e. The molecule has 0 saturated carbocycles. The van der Waals surface area contributed by atoms with Crippen LogP contribution in [0.5, 0.6) is 0 Å². The minimum atomic E-state index is -0.552.